The standard InChI is InChI=1S/C18H36O3/c1-17(2,13-19)11-5-7-15-9-10-16(21-15)8-6-12-18(3,4)14-20/h15-16,19-20H,5-14H2,1-4H3/t15-,16-/m1/s1. The van der Waals surface area contributed by atoms with E-state index in [1.807, 2.05) is 0 Å². The van der Waals surface area contributed by atoms with Gasteiger partial charge in [-0.1, -0.05) is 40.5 Å². The molecule has 0 aliphatic carbocycles. The molecule has 0 aromatic rings. The molecule has 1 aliphatic heterocycles. The maximum Gasteiger partial charge on any atom is 0.0579 e. The highest BCUT2D eigenvalue weighted by molar-refractivity contribution is 4.76. The Labute approximate surface area is 131 Å². The van der Waals surface area contributed by atoms with Crippen molar-refractivity contribution in [2.45, 2.75) is 91.3 Å². The fraction of sp³-hybridized carbons (Fsp3) is 1.00. The van der Waals surface area contributed by atoms with Crippen molar-refractivity contribution < 1.29 is 14.9 Å². The van der Waals surface area contributed by atoms with Gasteiger partial charge in [-0.2, -0.15) is 0 Å². The number of aliphatic hydroxyl groups excluding tert-OH is 2. The Morgan fingerprint density at radius 1 is 0.810 bits per heavy atom. The predicted octanol–water partition coefficient (Wildman–Crippen LogP) is 3.91. The summed E-state index contributed by atoms with van der Waals surface area (Å²) in [5.41, 5.74) is 0.0990. The van der Waals surface area contributed by atoms with E-state index >= 15 is 0 Å². The van der Waals surface area contributed by atoms with Gasteiger partial charge in [0.25, 0.3) is 0 Å². The van der Waals surface area contributed by atoms with E-state index < -0.39 is 0 Å². The Balaban J connectivity index is 2.12. The first kappa shape index (κ1) is 18.9. The van der Waals surface area contributed by atoms with Crippen molar-refractivity contribution >= 4 is 0 Å². The molecule has 2 N–H and O–H groups in total. The lowest BCUT2D eigenvalue weighted by Crippen LogP contribution is -2.18. The fourth-order valence-corrected chi connectivity index (χ4v) is 2.98. The molecule has 0 amide bonds. The lowest BCUT2D eigenvalue weighted by atomic mass is 9.87. The van der Waals surface area contributed by atoms with Gasteiger partial charge in [0.15, 0.2) is 0 Å². The second kappa shape index (κ2) is 8.50. The zero-order chi connectivity index (χ0) is 15.9. The molecule has 1 saturated heterocycles. The van der Waals surface area contributed by atoms with E-state index in [4.69, 9.17) is 4.74 Å². The molecule has 3 heteroatoms. The van der Waals surface area contributed by atoms with Gasteiger partial charge in [-0.3, -0.25) is 0 Å². The van der Waals surface area contributed by atoms with Crippen LogP contribution in [0.1, 0.15) is 79.1 Å². The fourth-order valence-electron chi connectivity index (χ4n) is 2.98. The lowest BCUT2D eigenvalue weighted by molar-refractivity contribution is 0.0284. The van der Waals surface area contributed by atoms with Crippen molar-refractivity contribution in [1.29, 1.82) is 0 Å². The first-order valence-corrected chi connectivity index (χ1v) is 8.65. The zero-order valence-electron chi connectivity index (χ0n) is 14.5. The average Bonchev–Trinajstić information content (AvgIpc) is 2.86. The van der Waals surface area contributed by atoms with Gasteiger partial charge >= 0.3 is 0 Å². The first-order valence-electron chi connectivity index (χ1n) is 8.65. The van der Waals surface area contributed by atoms with Crippen molar-refractivity contribution in [3.05, 3.63) is 0 Å². The van der Waals surface area contributed by atoms with Crippen LogP contribution < -0.4 is 0 Å². The van der Waals surface area contributed by atoms with E-state index in [1.54, 1.807) is 0 Å². The van der Waals surface area contributed by atoms with Gasteiger partial charge in [0, 0.05) is 13.2 Å². The minimum atomic E-state index is 0.0495. The normalized spacial score (nSPS) is 23.7. The average molecular weight is 300 g/mol. The topological polar surface area (TPSA) is 49.7 Å². The quantitative estimate of drug-likeness (QED) is 0.643. The molecule has 0 saturated carbocycles. The Kier molecular flexibility index (Phi) is 7.66. The summed E-state index contributed by atoms with van der Waals surface area (Å²) in [6.45, 7) is 9.01. The highest BCUT2D eigenvalue weighted by Gasteiger charge is 2.26. The molecule has 1 fully saturated rings. The summed E-state index contributed by atoms with van der Waals surface area (Å²) in [6, 6.07) is 0. The zero-order valence-corrected chi connectivity index (χ0v) is 14.5. The molecule has 1 aliphatic rings. The van der Waals surface area contributed by atoms with Crippen molar-refractivity contribution in [3.63, 3.8) is 0 Å². The summed E-state index contributed by atoms with van der Waals surface area (Å²) in [4.78, 5) is 0. The summed E-state index contributed by atoms with van der Waals surface area (Å²) in [5, 5.41) is 18.5. The van der Waals surface area contributed by atoms with Crippen LogP contribution in [0.2, 0.25) is 0 Å². The molecular formula is C18H36O3. The van der Waals surface area contributed by atoms with Crippen LogP contribution in [0.3, 0.4) is 0 Å². The Morgan fingerprint density at radius 2 is 1.19 bits per heavy atom. The van der Waals surface area contributed by atoms with Crippen LogP contribution in [-0.4, -0.2) is 35.6 Å². The highest BCUT2D eigenvalue weighted by atomic mass is 16.5. The number of ether oxygens (including phenoxy) is 1. The van der Waals surface area contributed by atoms with Gasteiger partial charge in [0.2, 0.25) is 0 Å². The Morgan fingerprint density at radius 3 is 1.52 bits per heavy atom. The van der Waals surface area contributed by atoms with Crippen LogP contribution in [0.5, 0.6) is 0 Å². The van der Waals surface area contributed by atoms with Gasteiger partial charge in [-0.15, -0.1) is 0 Å². The minimum absolute atomic E-state index is 0.0495. The monoisotopic (exact) mass is 300 g/mol. The van der Waals surface area contributed by atoms with Gasteiger partial charge in [0.05, 0.1) is 12.2 Å². The Bertz CT molecular complexity index is 258. The maximum absolute atomic E-state index is 9.26. The van der Waals surface area contributed by atoms with Crippen LogP contribution >= 0.6 is 0 Å². The number of aliphatic hydroxyl groups is 2. The van der Waals surface area contributed by atoms with E-state index in [1.165, 1.54) is 12.8 Å². The molecule has 1 rings (SSSR count). The van der Waals surface area contributed by atoms with Gasteiger partial charge in [-0.05, 0) is 49.4 Å². The second-order valence-corrected chi connectivity index (χ2v) is 8.39. The SMILES string of the molecule is CC(C)(CO)CCC[C@@H]1CC[C@@H](CCCC(C)(C)CO)O1. The predicted molar refractivity (Wildman–Crippen MR) is 87.3 cm³/mol. The molecule has 0 bridgehead atoms. The molecule has 126 valence electrons. The molecule has 0 spiro atoms. The number of rotatable bonds is 10. The summed E-state index contributed by atoms with van der Waals surface area (Å²) >= 11 is 0. The molecule has 1 heterocycles. The van der Waals surface area contributed by atoms with Crippen molar-refractivity contribution in [1.82, 2.24) is 0 Å². The third-order valence-corrected chi connectivity index (χ3v) is 4.81. The van der Waals surface area contributed by atoms with E-state index in [0.29, 0.717) is 12.2 Å². The van der Waals surface area contributed by atoms with Crippen LogP contribution in [-0.2, 0) is 4.74 Å². The smallest absolute Gasteiger partial charge is 0.0579 e. The molecular weight excluding hydrogens is 264 g/mol. The Hall–Kier alpha value is -0.120. The van der Waals surface area contributed by atoms with Gasteiger partial charge < -0.3 is 14.9 Å². The van der Waals surface area contributed by atoms with Crippen molar-refractivity contribution in [3.8, 4) is 0 Å². The molecule has 0 aromatic carbocycles. The largest absolute Gasteiger partial charge is 0.396 e. The van der Waals surface area contributed by atoms with E-state index in [9.17, 15) is 10.2 Å². The van der Waals surface area contributed by atoms with Crippen LogP contribution in [0, 0.1) is 10.8 Å². The molecule has 2 atom stereocenters. The van der Waals surface area contributed by atoms with Gasteiger partial charge in [0.1, 0.15) is 0 Å². The molecule has 3 nitrogen and oxygen atoms in total. The second-order valence-electron chi connectivity index (χ2n) is 8.39. The molecule has 21 heavy (non-hydrogen) atoms. The summed E-state index contributed by atoms with van der Waals surface area (Å²) in [6.07, 6.45) is 9.90. The lowest BCUT2D eigenvalue weighted by Gasteiger charge is -2.23. The molecule has 0 radical (unpaired) electrons. The van der Waals surface area contributed by atoms with Crippen LogP contribution in [0.4, 0.5) is 0 Å². The maximum atomic E-state index is 9.26. The van der Waals surface area contributed by atoms with Crippen molar-refractivity contribution in [2.75, 3.05) is 13.2 Å². The number of hydrogen-bond acceptors (Lipinski definition) is 3. The minimum Gasteiger partial charge on any atom is -0.396 e. The van der Waals surface area contributed by atoms with Crippen LogP contribution in [0.15, 0.2) is 0 Å². The van der Waals surface area contributed by atoms with Gasteiger partial charge in [-0.25, -0.2) is 0 Å². The summed E-state index contributed by atoms with van der Waals surface area (Å²) in [7, 11) is 0. The summed E-state index contributed by atoms with van der Waals surface area (Å²) < 4.78 is 6.13. The number of hydrogen-bond donors (Lipinski definition) is 2. The van der Waals surface area contributed by atoms with E-state index in [-0.39, 0.29) is 24.0 Å². The molecule has 0 aromatic heterocycles. The third kappa shape index (κ3) is 7.62. The van der Waals surface area contributed by atoms with E-state index in [0.717, 1.165) is 38.5 Å². The third-order valence-electron chi connectivity index (χ3n) is 4.81. The highest BCUT2D eigenvalue weighted by Crippen LogP contribution is 2.31. The van der Waals surface area contributed by atoms with E-state index in [2.05, 4.69) is 27.7 Å². The summed E-state index contributed by atoms with van der Waals surface area (Å²) in [5.74, 6) is 0. The van der Waals surface area contributed by atoms with Crippen LogP contribution in [0.25, 0.3) is 0 Å². The molecule has 0 unspecified atom stereocenters. The first-order chi connectivity index (χ1) is 9.78. The van der Waals surface area contributed by atoms with Crippen molar-refractivity contribution in [2.24, 2.45) is 10.8 Å².